The molecule has 0 fully saturated rings. The largest absolute Gasteiger partial charge is 0.494 e. The first kappa shape index (κ1) is 19.0. The number of hydrogen-bond acceptors (Lipinski definition) is 5. The number of carbonyl (C=O) groups is 1. The molecule has 1 aromatic heterocycles. The summed E-state index contributed by atoms with van der Waals surface area (Å²) < 4.78 is 35.9. The Kier molecular flexibility index (Phi) is 6.22. The SMILES string of the molecule is CCCOc1ccc(CNC(=O)c2coc(S(=O)(=O)NC)c2)c(C)c1. The summed E-state index contributed by atoms with van der Waals surface area (Å²) in [4.78, 5) is 12.2. The Morgan fingerprint density at radius 1 is 1.28 bits per heavy atom. The Morgan fingerprint density at radius 2 is 2.04 bits per heavy atom. The van der Waals surface area contributed by atoms with Crippen LogP contribution in [0.2, 0.25) is 0 Å². The number of furan rings is 1. The molecule has 1 aromatic carbocycles. The number of amides is 1. The molecule has 1 heterocycles. The number of hydrogen-bond donors (Lipinski definition) is 2. The minimum Gasteiger partial charge on any atom is -0.494 e. The molecule has 0 aliphatic rings. The summed E-state index contributed by atoms with van der Waals surface area (Å²) in [5.74, 6) is 0.387. The van der Waals surface area contributed by atoms with E-state index in [1.165, 1.54) is 13.1 Å². The highest BCUT2D eigenvalue weighted by atomic mass is 32.2. The van der Waals surface area contributed by atoms with Gasteiger partial charge < -0.3 is 14.5 Å². The van der Waals surface area contributed by atoms with E-state index in [-0.39, 0.29) is 10.7 Å². The Bertz CT molecular complexity index is 842. The first-order valence-electron chi connectivity index (χ1n) is 7.90. The quantitative estimate of drug-likeness (QED) is 0.746. The van der Waals surface area contributed by atoms with Crippen LogP contribution in [-0.4, -0.2) is 28.0 Å². The number of nitrogens with one attached hydrogen (secondary N) is 2. The van der Waals surface area contributed by atoms with Gasteiger partial charge in [-0.3, -0.25) is 4.79 Å². The van der Waals surface area contributed by atoms with Gasteiger partial charge >= 0.3 is 0 Å². The zero-order chi connectivity index (χ0) is 18.4. The topological polar surface area (TPSA) is 97.6 Å². The van der Waals surface area contributed by atoms with Gasteiger partial charge in [0.15, 0.2) is 0 Å². The van der Waals surface area contributed by atoms with Crippen LogP contribution in [0.25, 0.3) is 0 Å². The van der Waals surface area contributed by atoms with E-state index in [1.54, 1.807) is 0 Å². The third-order valence-electron chi connectivity index (χ3n) is 3.60. The van der Waals surface area contributed by atoms with E-state index in [2.05, 4.69) is 10.0 Å². The average Bonchev–Trinajstić information content (AvgIpc) is 3.10. The van der Waals surface area contributed by atoms with Gasteiger partial charge in [0.1, 0.15) is 12.0 Å². The lowest BCUT2D eigenvalue weighted by Crippen LogP contribution is -2.23. The van der Waals surface area contributed by atoms with Crippen molar-refractivity contribution < 1.29 is 22.4 Å². The van der Waals surface area contributed by atoms with Gasteiger partial charge in [-0.1, -0.05) is 13.0 Å². The first-order valence-corrected chi connectivity index (χ1v) is 9.38. The second-order valence-electron chi connectivity index (χ2n) is 5.48. The molecule has 0 aliphatic heterocycles. The van der Waals surface area contributed by atoms with Gasteiger partial charge in [0, 0.05) is 12.6 Å². The normalized spacial score (nSPS) is 11.3. The molecular weight excluding hydrogens is 344 g/mol. The summed E-state index contributed by atoms with van der Waals surface area (Å²) in [7, 11) is -2.44. The number of aryl methyl sites for hydroxylation is 1. The van der Waals surface area contributed by atoms with Gasteiger partial charge in [0.2, 0.25) is 5.09 Å². The van der Waals surface area contributed by atoms with Crippen LogP contribution in [0.4, 0.5) is 0 Å². The van der Waals surface area contributed by atoms with Crippen LogP contribution in [0, 0.1) is 6.92 Å². The summed E-state index contributed by atoms with van der Waals surface area (Å²) in [6.07, 6.45) is 2.06. The fourth-order valence-corrected chi connectivity index (χ4v) is 2.79. The van der Waals surface area contributed by atoms with E-state index in [1.807, 2.05) is 32.0 Å². The van der Waals surface area contributed by atoms with Gasteiger partial charge in [-0.2, -0.15) is 0 Å². The van der Waals surface area contributed by atoms with Crippen molar-refractivity contribution in [2.24, 2.45) is 0 Å². The number of ether oxygens (including phenoxy) is 1. The van der Waals surface area contributed by atoms with E-state index < -0.39 is 15.9 Å². The lowest BCUT2D eigenvalue weighted by molar-refractivity contribution is 0.0950. The van der Waals surface area contributed by atoms with Crippen molar-refractivity contribution in [2.45, 2.75) is 31.9 Å². The molecule has 0 aliphatic carbocycles. The van der Waals surface area contributed by atoms with Crippen LogP contribution in [0.5, 0.6) is 5.75 Å². The Hall–Kier alpha value is -2.32. The predicted octanol–water partition coefficient (Wildman–Crippen LogP) is 2.21. The summed E-state index contributed by atoms with van der Waals surface area (Å²) in [5.41, 5.74) is 2.10. The molecule has 0 radical (unpaired) electrons. The fraction of sp³-hybridized carbons (Fsp3) is 0.353. The summed E-state index contributed by atoms with van der Waals surface area (Å²) >= 11 is 0. The van der Waals surface area contributed by atoms with E-state index >= 15 is 0 Å². The van der Waals surface area contributed by atoms with Gasteiger partial charge in [0.25, 0.3) is 15.9 Å². The van der Waals surface area contributed by atoms with Crippen LogP contribution in [0.3, 0.4) is 0 Å². The molecule has 0 atom stereocenters. The van der Waals surface area contributed by atoms with Crippen LogP contribution < -0.4 is 14.8 Å². The molecule has 1 amide bonds. The zero-order valence-electron chi connectivity index (χ0n) is 14.5. The van der Waals surface area contributed by atoms with Crippen LogP contribution >= 0.6 is 0 Å². The predicted molar refractivity (Wildman–Crippen MR) is 93.1 cm³/mol. The smallest absolute Gasteiger partial charge is 0.273 e. The van der Waals surface area contributed by atoms with Crippen molar-refractivity contribution in [2.75, 3.05) is 13.7 Å². The third-order valence-corrected chi connectivity index (χ3v) is 4.88. The molecule has 2 aromatic rings. The molecule has 25 heavy (non-hydrogen) atoms. The van der Waals surface area contributed by atoms with Crippen molar-refractivity contribution in [3.05, 3.63) is 47.2 Å². The van der Waals surface area contributed by atoms with Crippen LogP contribution in [0.1, 0.15) is 34.8 Å². The molecule has 2 N–H and O–H groups in total. The van der Waals surface area contributed by atoms with Crippen LogP contribution in [0.15, 0.2) is 40.0 Å². The lowest BCUT2D eigenvalue weighted by atomic mass is 10.1. The highest BCUT2D eigenvalue weighted by Crippen LogP contribution is 2.18. The zero-order valence-corrected chi connectivity index (χ0v) is 15.3. The molecule has 0 bridgehead atoms. The molecule has 136 valence electrons. The standard InChI is InChI=1S/C17H22N2O5S/c1-4-7-23-15-6-5-13(12(2)8-15)10-19-17(20)14-9-16(24-11-14)25(21,22)18-3/h5-6,8-9,11,18H,4,7,10H2,1-3H3,(H,19,20). The summed E-state index contributed by atoms with van der Waals surface area (Å²) in [5, 5.41) is 2.45. The minimum atomic E-state index is -3.71. The molecule has 0 spiro atoms. The highest BCUT2D eigenvalue weighted by molar-refractivity contribution is 7.89. The summed E-state index contributed by atoms with van der Waals surface area (Å²) in [6, 6.07) is 6.87. The van der Waals surface area contributed by atoms with Gasteiger partial charge in [0.05, 0.1) is 12.2 Å². The minimum absolute atomic E-state index is 0.148. The van der Waals surface area contributed by atoms with E-state index in [9.17, 15) is 13.2 Å². The van der Waals surface area contributed by atoms with Gasteiger partial charge in [-0.05, 0) is 43.7 Å². The van der Waals surface area contributed by atoms with Crippen molar-refractivity contribution in [3.63, 3.8) is 0 Å². The Morgan fingerprint density at radius 3 is 2.68 bits per heavy atom. The van der Waals surface area contributed by atoms with Crippen molar-refractivity contribution in [1.82, 2.24) is 10.0 Å². The molecule has 0 saturated heterocycles. The molecule has 2 rings (SSSR count). The molecular formula is C17H22N2O5S. The number of sulfonamides is 1. The maximum atomic E-state index is 12.2. The Labute approximate surface area is 147 Å². The summed E-state index contributed by atoms with van der Waals surface area (Å²) in [6.45, 7) is 4.96. The van der Waals surface area contributed by atoms with E-state index in [0.717, 1.165) is 29.6 Å². The molecule has 7 nitrogen and oxygen atoms in total. The highest BCUT2D eigenvalue weighted by Gasteiger charge is 2.19. The molecule has 0 saturated carbocycles. The third kappa shape index (κ3) is 4.83. The number of rotatable bonds is 8. The van der Waals surface area contributed by atoms with Crippen molar-refractivity contribution in [1.29, 1.82) is 0 Å². The number of benzene rings is 1. The average molecular weight is 366 g/mol. The van der Waals surface area contributed by atoms with E-state index in [0.29, 0.717) is 13.2 Å². The first-order chi connectivity index (χ1) is 11.9. The maximum Gasteiger partial charge on any atom is 0.273 e. The van der Waals surface area contributed by atoms with Crippen molar-refractivity contribution in [3.8, 4) is 5.75 Å². The van der Waals surface area contributed by atoms with E-state index in [4.69, 9.17) is 9.15 Å². The Balaban J connectivity index is 2.00. The fourth-order valence-electron chi connectivity index (χ4n) is 2.13. The second-order valence-corrected chi connectivity index (χ2v) is 7.30. The number of carbonyl (C=O) groups excluding carboxylic acids is 1. The monoisotopic (exact) mass is 366 g/mol. The van der Waals surface area contributed by atoms with Gasteiger partial charge in [-0.15, -0.1) is 0 Å². The van der Waals surface area contributed by atoms with Crippen molar-refractivity contribution >= 4 is 15.9 Å². The van der Waals surface area contributed by atoms with Crippen LogP contribution in [-0.2, 0) is 16.6 Å². The van der Waals surface area contributed by atoms with Gasteiger partial charge in [-0.25, -0.2) is 13.1 Å². The lowest BCUT2D eigenvalue weighted by Gasteiger charge is -2.10. The molecule has 8 heteroatoms. The molecule has 0 unspecified atom stereocenters. The second kappa shape index (κ2) is 8.17. The maximum absolute atomic E-state index is 12.2.